The minimum absolute atomic E-state index is 0.0964. The first-order valence-corrected chi connectivity index (χ1v) is 8.04. The number of hydrogen-bond acceptors (Lipinski definition) is 4. The van der Waals surface area contributed by atoms with Crippen LogP contribution in [0, 0.1) is 11.7 Å². The summed E-state index contributed by atoms with van der Waals surface area (Å²) in [5, 5.41) is 14.2. The Morgan fingerprint density at radius 3 is 3.05 bits per heavy atom. The van der Waals surface area contributed by atoms with Crippen molar-refractivity contribution < 1.29 is 14.3 Å². The van der Waals surface area contributed by atoms with E-state index in [0.29, 0.717) is 29.2 Å². The molecule has 0 fully saturated rings. The summed E-state index contributed by atoms with van der Waals surface area (Å²) < 4.78 is 13.2. The molecule has 2 N–H and O–H groups in total. The fourth-order valence-corrected chi connectivity index (χ4v) is 2.80. The molecule has 0 spiro atoms. The van der Waals surface area contributed by atoms with E-state index in [9.17, 15) is 9.18 Å². The van der Waals surface area contributed by atoms with Crippen molar-refractivity contribution >= 4 is 17.2 Å². The van der Waals surface area contributed by atoms with E-state index in [1.807, 2.05) is 12.3 Å². The summed E-state index contributed by atoms with van der Waals surface area (Å²) in [5.74, 6) is -0.155. The van der Waals surface area contributed by atoms with Crippen LogP contribution in [-0.4, -0.2) is 29.1 Å². The normalized spacial score (nSPS) is 12.1. The summed E-state index contributed by atoms with van der Waals surface area (Å²) in [6.07, 6.45) is 0.873. The molecule has 2 rings (SSSR count). The first-order chi connectivity index (χ1) is 10.6. The number of aromatic nitrogens is 1. The van der Waals surface area contributed by atoms with Crippen molar-refractivity contribution in [3.63, 3.8) is 0 Å². The van der Waals surface area contributed by atoms with Crippen molar-refractivity contribution in [2.24, 2.45) is 5.92 Å². The smallest absolute Gasteiger partial charge is 0.226 e. The summed E-state index contributed by atoms with van der Waals surface area (Å²) in [6.45, 7) is 2.64. The first-order valence-electron chi connectivity index (χ1n) is 7.16. The van der Waals surface area contributed by atoms with Gasteiger partial charge in [-0.25, -0.2) is 9.37 Å². The monoisotopic (exact) mass is 322 g/mol. The van der Waals surface area contributed by atoms with Gasteiger partial charge in [0.05, 0.1) is 12.1 Å². The van der Waals surface area contributed by atoms with Gasteiger partial charge in [0.2, 0.25) is 5.91 Å². The van der Waals surface area contributed by atoms with Gasteiger partial charge in [-0.2, -0.15) is 0 Å². The minimum atomic E-state index is -0.301. The summed E-state index contributed by atoms with van der Waals surface area (Å²) in [5.41, 5.74) is 1.39. The molecule has 0 saturated carbocycles. The van der Waals surface area contributed by atoms with Gasteiger partial charge in [-0.1, -0.05) is 19.1 Å². The molecule has 1 aromatic carbocycles. The number of rotatable bonds is 7. The molecule has 2 aromatic rings. The van der Waals surface area contributed by atoms with Crippen molar-refractivity contribution in [1.29, 1.82) is 0 Å². The van der Waals surface area contributed by atoms with E-state index in [0.717, 1.165) is 0 Å². The predicted octanol–water partition coefficient (Wildman–Crippen LogP) is 2.63. The number of amides is 1. The van der Waals surface area contributed by atoms with Gasteiger partial charge in [-0.3, -0.25) is 4.79 Å². The van der Waals surface area contributed by atoms with E-state index in [4.69, 9.17) is 5.11 Å². The topological polar surface area (TPSA) is 62.2 Å². The number of hydrogen-bond donors (Lipinski definition) is 2. The Hall–Kier alpha value is -1.79. The molecule has 0 aliphatic heterocycles. The fraction of sp³-hybridized carbons (Fsp3) is 0.375. The molecule has 1 amide bonds. The quantitative estimate of drug-likeness (QED) is 0.824. The molecule has 0 bridgehead atoms. The van der Waals surface area contributed by atoms with Crippen molar-refractivity contribution in [2.75, 3.05) is 13.2 Å². The van der Waals surface area contributed by atoms with Crippen molar-refractivity contribution in [1.82, 2.24) is 10.3 Å². The number of halogens is 1. The van der Waals surface area contributed by atoms with E-state index in [1.165, 1.54) is 23.5 Å². The molecule has 118 valence electrons. The first kappa shape index (κ1) is 16.6. The van der Waals surface area contributed by atoms with E-state index in [2.05, 4.69) is 10.3 Å². The number of nitrogens with one attached hydrogen (secondary N) is 1. The summed E-state index contributed by atoms with van der Waals surface area (Å²) in [6, 6.07) is 6.25. The maximum atomic E-state index is 13.2. The van der Waals surface area contributed by atoms with Crippen LogP contribution >= 0.6 is 11.3 Å². The van der Waals surface area contributed by atoms with Gasteiger partial charge in [-0.15, -0.1) is 11.3 Å². The molecule has 0 aliphatic rings. The van der Waals surface area contributed by atoms with Gasteiger partial charge in [-0.05, 0) is 24.5 Å². The number of benzene rings is 1. The van der Waals surface area contributed by atoms with Crippen LogP contribution in [0.3, 0.4) is 0 Å². The predicted molar refractivity (Wildman–Crippen MR) is 85.1 cm³/mol. The van der Waals surface area contributed by atoms with Crippen molar-refractivity contribution in [3.8, 4) is 10.6 Å². The lowest BCUT2D eigenvalue weighted by molar-refractivity contribution is -0.120. The third-order valence-electron chi connectivity index (χ3n) is 3.23. The van der Waals surface area contributed by atoms with Crippen LogP contribution in [0.4, 0.5) is 4.39 Å². The van der Waals surface area contributed by atoms with Crippen LogP contribution in [0.1, 0.15) is 19.0 Å². The van der Waals surface area contributed by atoms with Crippen LogP contribution in [-0.2, 0) is 11.2 Å². The highest BCUT2D eigenvalue weighted by Crippen LogP contribution is 2.24. The highest BCUT2D eigenvalue weighted by atomic mass is 32.1. The lowest BCUT2D eigenvalue weighted by Gasteiger charge is -2.10. The third kappa shape index (κ3) is 4.89. The number of aliphatic hydroxyl groups is 1. The van der Waals surface area contributed by atoms with E-state index in [-0.39, 0.29) is 30.7 Å². The van der Waals surface area contributed by atoms with Crippen LogP contribution in [0.2, 0.25) is 0 Å². The number of nitrogens with zero attached hydrogens (tertiary/aromatic N) is 1. The van der Waals surface area contributed by atoms with Crippen LogP contribution in [0.5, 0.6) is 0 Å². The highest BCUT2D eigenvalue weighted by molar-refractivity contribution is 7.13. The second-order valence-corrected chi connectivity index (χ2v) is 6.11. The Morgan fingerprint density at radius 1 is 1.50 bits per heavy atom. The van der Waals surface area contributed by atoms with Crippen molar-refractivity contribution in [3.05, 3.63) is 41.2 Å². The Balaban J connectivity index is 1.90. The molecule has 6 heteroatoms. The molecule has 1 aromatic heterocycles. The fourth-order valence-electron chi connectivity index (χ4n) is 1.98. The molecular formula is C16H19FN2O2S. The van der Waals surface area contributed by atoms with Gasteiger partial charge >= 0.3 is 0 Å². The standard InChI is InChI=1S/C16H19FN2O2S/c1-11(5-6-20)9-18-15(21)8-14-10-22-16(19-14)12-3-2-4-13(17)7-12/h2-4,7,10-11,20H,5-6,8-9H2,1H3,(H,18,21). The van der Waals surface area contributed by atoms with Gasteiger partial charge < -0.3 is 10.4 Å². The Morgan fingerprint density at radius 2 is 2.32 bits per heavy atom. The molecule has 1 atom stereocenters. The summed E-state index contributed by atoms with van der Waals surface area (Å²) in [7, 11) is 0. The zero-order chi connectivity index (χ0) is 15.9. The van der Waals surface area contributed by atoms with Crippen LogP contribution < -0.4 is 5.32 Å². The second-order valence-electron chi connectivity index (χ2n) is 5.25. The molecule has 0 saturated heterocycles. The maximum absolute atomic E-state index is 13.2. The van der Waals surface area contributed by atoms with Gasteiger partial charge in [0.15, 0.2) is 0 Å². The summed E-state index contributed by atoms with van der Waals surface area (Å²) in [4.78, 5) is 16.2. The molecular weight excluding hydrogens is 303 g/mol. The average Bonchev–Trinajstić information content (AvgIpc) is 2.94. The Labute approximate surface area is 133 Å². The number of carbonyl (C=O) groups excluding carboxylic acids is 1. The maximum Gasteiger partial charge on any atom is 0.226 e. The molecule has 0 radical (unpaired) electrons. The number of thiazole rings is 1. The van der Waals surface area contributed by atoms with E-state index in [1.54, 1.807) is 12.1 Å². The van der Waals surface area contributed by atoms with Crippen molar-refractivity contribution in [2.45, 2.75) is 19.8 Å². The zero-order valence-electron chi connectivity index (χ0n) is 12.4. The highest BCUT2D eigenvalue weighted by Gasteiger charge is 2.10. The zero-order valence-corrected chi connectivity index (χ0v) is 13.2. The van der Waals surface area contributed by atoms with Gasteiger partial charge in [0, 0.05) is 24.1 Å². The lowest BCUT2D eigenvalue weighted by Crippen LogP contribution is -2.30. The second kappa shape index (κ2) is 8.00. The largest absolute Gasteiger partial charge is 0.396 e. The Bertz CT molecular complexity index is 630. The Kier molecular flexibility index (Phi) is 6.03. The third-order valence-corrected chi connectivity index (χ3v) is 4.17. The van der Waals surface area contributed by atoms with Crippen LogP contribution in [0.25, 0.3) is 10.6 Å². The van der Waals surface area contributed by atoms with E-state index < -0.39 is 0 Å². The molecule has 1 heterocycles. The minimum Gasteiger partial charge on any atom is -0.396 e. The molecule has 4 nitrogen and oxygen atoms in total. The number of carbonyl (C=O) groups is 1. The van der Waals surface area contributed by atoms with Gasteiger partial charge in [0.1, 0.15) is 10.8 Å². The molecule has 22 heavy (non-hydrogen) atoms. The van der Waals surface area contributed by atoms with Gasteiger partial charge in [0.25, 0.3) is 0 Å². The van der Waals surface area contributed by atoms with Crippen LogP contribution in [0.15, 0.2) is 29.6 Å². The number of aliphatic hydroxyl groups excluding tert-OH is 1. The van der Waals surface area contributed by atoms with E-state index >= 15 is 0 Å². The summed E-state index contributed by atoms with van der Waals surface area (Å²) >= 11 is 1.40. The molecule has 1 unspecified atom stereocenters. The SMILES string of the molecule is CC(CCO)CNC(=O)Cc1csc(-c2cccc(F)c2)n1. The average molecular weight is 322 g/mol. The lowest BCUT2D eigenvalue weighted by atomic mass is 10.1. The molecule has 0 aliphatic carbocycles.